The van der Waals surface area contributed by atoms with Gasteiger partial charge in [-0.15, -0.1) is 0 Å². The molecule has 0 spiro atoms. The first kappa shape index (κ1) is 22.7. The molecule has 12 heteroatoms. The summed E-state index contributed by atoms with van der Waals surface area (Å²) in [5, 5.41) is 8.57. The lowest BCUT2D eigenvalue weighted by molar-refractivity contribution is -0.136. The van der Waals surface area contributed by atoms with Gasteiger partial charge < -0.3 is 23.9 Å². The number of aryl methyl sites for hydroxylation is 1. The van der Waals surface area contributed by atoms with Crippen molar-refractivity contribution in [1.82, 2.24) is 9.55 Å². The molecule has 1 N–H and O–H groups in total. The third kappa shape index (κ3) is 3.74. The number of nitrogens with zero attached hydrogens (tertiary/aromatic N) is 4. The quantitative estimate of drug-likeness (QED) is 0.436. The Morgan fingerprint density at radius 2 is 1.77 bits per heavy atom. The summed E-state index contributed by atoms with van der Waals surface area (Å²) in [7, 11) is 1.19. The zero-order valence-corrected chi connectivity index (χ0v) is 18.3. The standard InChI is InChI=1S/C23H18F4N4O4/c1-29-11-13(21(33)34)20(32)12-10-14(24)19(17(18(12)29)23(25,26)27)30-6-8-31(9-7-30)22-28-15-4-2-3-5-16(15)35-22/h2-5,10-11H,6-9H2,1H3,(H,33,34). The fraction of sp³-hybridized carbons (Fsp3) is 0.261. The van der Waals surface area contributed by atoms with Gasteiger partial charge in [-0.1, -0.05) is 12.1 Å². The monoisotopic (exact) mass is 490 g/mol. The Morgan fingerprint density at radius 1 is 1.11 bits per heavy atom. The maximum Gasteiger partial charge on any atom is 0.420 e. The minimum Gasteiger partial charge on any atom is -0.477 e. The predicted octanol–water partition coefficient (Wildman–Crippen LogP) is 3.86. The first-order valence-corrected chi connectivity index (χ1v) is 10.6. The van der Waals surface area contributed by atoms with E-state index in [1.54, 1.807) is 29.2 Å². The van der Waals surface area contributed by atoms with E-state index in [4.69, 9.17) is 4.42 Å². The van der Waals surface area contributed by atoms with E-state index < -0.39 is 51.1 Å². The predicted molar refractivity (Wildman–Crippen MR) is 120 cm³/mol. The second kappa shape index (κ2) is 8.00. The van der Waals surface area contributed by atoms with E-state index in [1.807, 2.05) is 0 Å². The molecular formula is C23H18F4N4O4. The number of aromatic carboxylic acids is 1. The molecule has 3 heterocycles. The summed E-state index contributed by atoms with van der Waals surface area (Å²) in [5.74, 6) is -2.86. The Morgan fingerprint density at radius 3 is 2.40 bits per heavy atom. The SMILES string of the molecule is Cn1cc(C(=O)O)c(=O)c2cc(F)c(N3CCN(c4nc5ccccc5o4)CC3)c(C(F)(F)F)c21. The summed E-state index contributed by atoms with van der Waals surface area (Å²) in [4.78, 5) is 31.3. The molecule has 2 aromatic heterocycles. The zero-order valence-electron chi connectivity index (χ0n) is 18.3. The molecule has 1 saturated heterocycles. The summed E-state index contributed by atoms with van der Waals surface area (Å²) >= 11 is 0. The number of para-hydroxylation sites is 2. The highest BCUT2D eigenvalue weighted by molar-refractivity contribution is 5.95. The maximum absolute atomic E-state index is 15.2. The highest BCUT2D eigenvalue weighted by atomic mass is 19.4. The van der Waals surface area contributed by atoms with Crippen molar-refractivity contribution in [1.29, 1.82) is 0 Å². The second-order valence-electron chi connectivity index (χ2n) is 8.20. The maximum atomic E-state index is 15.2. The number of carbonyl (C=O) groups is 1. The highest BCUT2D eigenvalue weighted by Gasteiger charge is 2.41. The fourth-order valence-corrected chi connectivity index (χ4v) is 4.48. The van der Waals surface area contributed by atoms with Crippen molar-refractivity contribution in [2.75, 3.05) is 36.0 Å². The number of pyridine rings is 1. The third-order valence-electron chi connectivity index (χ3n) is 6.05. The van der Waals surface area contributed by atoms with Crippen molar-refractivity contribution in [3.05, 3.63) is 63.7 Å². The number of halogens is 4. The van der Waals surface area contributed by atoms with Gasteiger partial charge in [0.05, 0.1) is 16.6 Å². The van der Waals surface area contributed by atoms with Gasteiger partial charge in [-0.3, -0.25) is 4.79 Å². The van der Waals surface area contributed by atoms with E-state index in [0.717, 1.165) is 10.8 Å². The minimum absolute atomic E-state index is 0.0331. The summed E-state index contributed by atoms with van der Waals surface area (Å²) in [5.41, 5.74) is -3.28. The van der Waals surface area contributed by atoms with E-state index in [1.165, 1.54) is 11.9 Å². The molecule has 0 amide bonds. The van der Waals surface area contributed by atoms with E-state index in [9.17, 15) is 27.9 Å². The summed E-state index contributed by atoms with van der Waals surface area (Å²) in [6.07, 6.45) is -4.20. The van der Waals surface area contributed by atoms with Gasteiger partial charge in [0, 0.05) is 39.4 Å². The molecule has 0 bridgehead atoms. The van der Waals surface area contributed by atoms with Crippen molar-refractivity contribution in [2.24, 2.45) is 7.05 Å². The van der Waals surface area contributed by atoms with Gasteiger partial charge in [-0.05, 0) is 18.2 Å². The van der Waals surface area contributed by atoms with Gasteiger partial charge in [0.2, 0.25) is 5.43 Å². The Balaban J connectivity index is 1.57. The molecule has 2 aromatic carbocycles. The van der Waals surface area contributed by atoms with E-state index in [-0.39, 0.29) is 26.2 Å². The molecule has 182 valence electrons. The lowest BCUT2D eigenvalue weighted by Crippen LogP contribution is -2.47. The van der Waals surface area contributed by atoms with Crippen LogP contribution >= 0.6 is 0 Å². The Hall–Kier alpha value is -4.09. The second-order valence-corrected chi connectivity index (χ2v) is 8.20. The molecule has 35 heavy (non-hydrogen) atoms. The molecule has 5 rings (SSSR count). The van der Waals surface area contributed by atoms with Crippen LogP contribution in [0.1, 0.15) is 15.9 Å². The summed E-state index contributed by atoms with van der Waals surface area (Å²) in [6.45, 7) is 0.508. The third-order valence-corrected chi connectivity index (χ3v) is 6.05. The van der Waals surface area contributed by atoms with E-state index >= 15 is 4.39 Å². The van der Waals surface area contributed by atoms with Crippen LogP contribution in [-0.2, 0) is 13.2 Å². The molecule has 4 aromatic rings. The van der Waals surface area contributed by atoms with Crippen LogP contribution in [-0.4, -0.2) is 46.8 Å². The van der Waals surface area contributed by atoms with Crippen molar-refractivity contribution >= 4 is 39.7 Å². The number of piperazine rings is 1. The van der Waals surface area contributed by atoms with Crippen LogP contribution in [0.2, 0.25) is 0 Å². The molecule has 8 nitrogen and oxygen atoms in total. The molecule has 1 aliphatic heterocycles. The van der Waals surface area contributed by atoms with Crippen LogP contribution in [0.25, 0.3) is 22.0 Å². The van der Waals surface area contributed by atoms with Gasteiger partial charge in [0.25, 0.3) is 6.01 Å². The Bertz CT molecular complexity index is 1500. The van der Waals surface area contributed by atoms with Crippen molar-refractivity contribution in [3.8, 4) is 0 Å². The Kier molecular flexibility index (Phi) is 5.18. The summed E-state index contributed by atoms with van der Waals surface area (Å²) < 4.78 is 64.7. The topological polar surface area (TPSA) is 91.8 Å². The number of fused-ring (bicyclic) bond motifs is 2. The molecule has 0 unspecified atom stereocenters. The number of anilines is 2. The molecule has 0 saturated carbocycles. The lowest BCUT2D eigenvalue weighted by atomic mass is 10.0. The minimum atomic E-state index is -5.01. The number of oxazole rings is 1. The fourth-order valence-electron chi connectivity index (χ4n) is 4.48. The molecule has 0 aliphatic carbocycles. The first-order chi connectivity index (χ1) is 16.6. The van der Waals surface area contributed by atoms with Crippen molar-refractivity contribution < 1.29 is 31.9 Å². The molecule has 1 fully saturated rings. The van der Waals surface area contributed by atoms with Gasteiger partial charge in [0.15, 0.2) is 5.58 Å². The smallest absolute Gasteiger partial charge is 0.420 e. The van der Waals surface area contributed by atoms with Crippen LogP contribution in [0.15, 0.2) is 45.7 Å². The lowest BCUT2D eigenvalue weighted by Gasteiger charge is -2.37. The number of alkyl halides is 3. The number of hydrogen-bond acceptors (Lipinski definition) is 6. The van der Waals surface area contributed by atoms with Crippen LogP contribution < -0.4 is 15.2 Å². The van der Waals surface area contributed by atoms with Gasteiger partial charge in [-0.25, -0.2) is 9.18 Å². The van der Waals surface area contributed by atoms with Crippen molar-refractivity contribution in [2.45, 2.75) is 6.18 Å². The number of carboxylic acids is 1. The number of carboxylic acid groups (broad SMARTS) is 1. The summed E-state index contributed by atoms with van der Waals surface area (Å²) in [6, 6.07) is 8.14. The number of benzene rings is 2. The molecular weight excluding hydrogens is 472 g/mol. The molecule has 0 radical (unpaired) electrons. The number of aromatic nitrogens is 2. The molecule has 0 atom stereocenters. The first-order valence-electron chi connectivity index (χ1n) is 10.6. The van der Waals surface area contributed by atoms with Gasteiger partial charge in [-0.2, -0.15) is 18.2 Å². The van der Waals surface area contributed by atoms with E-state index in [0.29, 0.717) is 23.2 Å². The number of hydrogen-bond donors (Lipinski definition) is 1. The normalized spacial score (nSPS) is 14.8. The zero-order chi connectivity index (χ0) is 25.1. The number of rotatable bonds is 3. The van der Waals surface area contributed by atoms with Gasteiger partial charge in [0.1, 0.15) is 22.5 Å². The average Bonchev–Trinajstić information content (AvgIpc) is 3.24. The Labute approximate surface area is 194 Å². The van der Waals surface area contributed by atoms with E-state index in [2.05, 4.69) is 4.98 Å². The largest absolute Gasteiger partial charge is 0.477 e. The molecule has 1 aliphatic rings. The average molecular weight is 490 g/mol. The van der Waals surface area contributed by atoms with Crippen LogP contribution in [0, 0.1) is 5.82 Å². The van der Waals surface area contributed by atoms with Crippen LogP contribution in [0.5, 0.6) is 0 Å². The van der Waals surface area contributed by atoms with Crippen molar-refractivity contribution in [3.63, 3.8) is 0 Å². The van der Waals surface area contributed by atoms with Crippen LogP contribution in [0.3, 0.4) is 0 Å². The highest BCUT2D eigenvalue weighted by Crippen LogP contribution is 2.43. The van der Waals surface area contributed by atoms with Crippen LogP contribution in [0.4, 0.5) is 29.3 Å². The van der Waals surface area contributed by atoms with Gasteiger partial charge >= 0.3 is 12.1 Å².